The number of ether oxygens (including phenoxy) is 3. The van der Waals surface area contributed by atoms with E-state index in [1.807, 2.05) is 33.8 Å². The molecular weight excluding hydrogens is 608 g/mol. The number of carbonyl (C=O) groups excluding carboxylic acids is 1. The van der Waals surface area contributed by atoms with Gasteiger partial charge in [-0.05, 0) is 63.6 Å². The molecule has 14 heteroatoms. The van der Waals surface area contributed by atoms with Crippen LogP contribution in [0.4, 0.5) is 19.3 Å². The first-order valence-corrected chi connectivity index (χ1v) is 15.6. The van der Waals surface area contributed by atoms with Crippen LogP contribution >= 0.6 is 0 Å². The van der Waals surface area contributed by atoms with Crippen molar-refractivity contribution in [2.24, 2.45) is 0 Å². The summed E-state index contributed by atoms with van der Waals surface area (Å²) in [6, 6.07) is 7.29. The maximum Gasteiger partial charge on any atom is 0.410 e. The second kappa shape index (κ2) is 12.4. The summed E-state index contributed by atoms with van der Waals surface area (Å²) in [5.41, 5.74) is 1.74. The van der Waals surface area contributed by atoms with Crippen LogP contribution in [0, 0.1) is 18.6 Å². The number of aryl methyl sites for hydroxylation is 1. The number of nitrogens with one attached hydrogen (secondary N) is 1. The first-order chi connectivity index (χ1) is 21.2. The zero-order chi connectivity index (χ0) is 32.5. The number of sulfonamides is 1. The summed E-state index contributed by atoms with van der Waals surface area (Å²) in [7, 11) is -3.16. The molecule has 0 aliphatic carbocycles. The highest BCUT2D eigenvalue weighted by Crippen LogP contribution is 2.36. The third-order valence-electron chi connectivity index (χ3n) is 7.10. The number of amides is 1. The Kier molecular flexibility index (Phi) is 8.79. The first-order valence-electron chi connectivity index (χ1n) is 14.2. The fourth-order valence-corrected chi connectivity index (χ4v) is 6.03. The normalized spacial score (nSPS) is 14.3. The molecule has 0 saturated carbocycles. The van der Waals surface area contributed by atoms with Crippen molar-refractivity contribution >= 4 is 32.7 Å². The minimum atomic E-state index is -4.48. The maximum absolute atomic E-state index is 14.4. The molecule has 1 saturated heterocycles. The molecule has 0 radical (unpaired) electrons. The third-order valence-corrected chi connectivity index (χ3v) is 8.49. The summed E-state index contributed by atoms with van der Waals surface area (Å²) in [5.74, 6) is -1.72. The predicted molar refractivity (Wildman–Crippen MR) is 163 cm³/mol. The van der Waals surface area contributed by atoms with Crippen molar-refractivity contribution in [1.82, 2.24) is 19.9 Å². The predicted octanol–water partition coefficient (Wildman–Crippen LogP) is 5.87. The number of nitrogens with zero attached hydrogens (tertiary/aromatic N) is 4. The van der Waals surface area contributed by atoms with Crippen molar-refractivity contribution in [3.05, 3.63) is 66.3 Å². The number of piperidine rings is 1. The van der Waals surface area contributed by atoms with E-state index in [1.54, 1.807) is 11.0 Å². The van der Waals surface area contributed by atoms with Gasteiger partial charge in [0.1, 0.15) is 51.5 Å². The second-order valence-electron chi connectivity index (χ2n) is 11.6. The zero-order valence-electron chi connectivity index (χ0n) is 25.4. The van der Waals surface area contributed by atoms with E-state index in [9.17, 15) is 22.0 Å². The van der Waals surface area contributed by atoms with Gasteiger partial charge in [-0.25, -0.2) is 36.9 Å². The van der Waals surface area contributed by atoms with Crippen LogP contribution < -0.4 is 14.2 Å². The lowest BCUT2D eigenvalue weighted by atomic mass is 10.0. The SMILES string of the molecule is COc1ncc(-c2cc(OC3CCN(C(=O)OC(C)(C)C)CC3)c3ncnc(C)c3c2)cc1NS(=O)(=O)c1ccc(F)cc1F. The number of methoxy groups -OCH3 is 1. The minimum absolute atomic E-state index is 0.0571. The van der Waals surface area contributed by atoms with E-state index in [0.717, 1.165) is 12.1 Å². The van der Waals surface area contributed by atoms with Gasteiger partial charge < -0.3 is 19.1 Å². The van der Waals surface area contributed by atoms with E-state index in [4.69, 9.17) is 14.2 Å². The van der Waals surface area contributed by atoms with Crippen molar-refractivity contribution in [3.63, 3.8) is 0 Å². The van der Waals surface area contributed by atoms with E-state index in [-0.39, 0.29) is 23.8 Å². The van der Waals surface area contributed by atoms with E-state index in [1.165, 1.54) is 25.7 Å². The Morgan fingerprint density at radius 1 is 1.02 bits per heavy atom. The molecule has 0 unspecified atom stereocenters. The summed E-state index contributed by atoms with van der Waals surface area (Å²) in [6.45, 7) is 8.23. The molecule has 0 atom stereocenters. The van der Waals surface area contributed by atoms with Crippen LogP contribution in [0.3, 0.4) is 0 Å². The number of likely N-dealkylation sites (tertiary alicyclic amines) is 1. The molecule has 1 aliphatic heterocycles. The van der Waals surface area contributed by atoms with Crippen LogP contribution in [0.5, 0.6) is 11.6 Å². The van der Waals surface area contributed by atoms with Gasteiger partial charge in [-0.3, -0.25) is 4.72 Å². The molecule has 238 valence electrons. The summed E-state index contributed by atoms with van der Waals surface area (Å²) in [4.78, 5) is 26.5. The number of hydrogen-bond donors (Lipinski definition) is 1. The van der Waals surface area contributed by atoms with Crippen LogP contribution in [0.15, 0.2) is 53.8 Å². The van der Waals surface area contributed by atoms with Gasteiger partial charge in [0.25, 0.3) is 10.0 Å². The Labute approximate surface area is 259 Å². The number of pyridine rings is 1. The Morgan fingerprint density at radius 3 is 2.42 bits per heavy atom. The molecule has 4 aromatic rings. The molecule has 2 aromatic carbocycles. The highest BCUT2D eigenvalue weighted by Gasteiger charge is 2.28. The second-order valence-corrected chi connectivity index (χ2v) is 13.2. The van der Waals surface area contributed by atoms with Gasteiger partial charge in [-0.2, -0.15) is 0 Å². The fourth-order valence-electron chi connectivity index (χ4n) is 4.92. The summed E-state index contributed by atoms with van der Waals surface area (Å²) in [6.07, 6.45) is 3.52. The first kappa shape index (κ1) is 31.8. The molecule has 0 spiro atoms. The van der Waals surface area contributed by atoms with E-state index in [2.05, 4.69) is 19.7 Å². The number of hydrogen-bond acceptors (Lipinski definition) is 9. The molecule has 5 rings (SSSR count). The van der Waals surface area contributed by atoms with Crippen LogP contribution in [0.1, 0.15) is 39.3 Å². The average molecular weight is 642 g/mol. The Bertz CT molecular complexity index is 1860. The average Bonchev–Trinajstić information content (AvgIpc) is 2.96. The number of halogens is 2. The van der Waals surface area contributed by atoms with Crippen molar-refractivity contribution < 1.29 is 36.2 Å². The monoisotopic (exact) mass is 641 g/mol. The van der Waals surface area contributed by atoms with Crippen molar-refractivity contribution in [2.45, 2.75) is 57.1 Å². The van der Waals surface area contributed by atoms with E-state index >= 15 is 0 Å². The molecule has 0 bridgehead atoms. The van der Waals surface area contributed by atoms with E-state index < -0.39 is 32.2 Å². The van der Waals surface area contributed by atoms with Crippen LogP contribution in [-0.2, 0) is 14.8 Å². The molecular formula is C31H33F2N5O6S. The van der Waals surface area contributed by atoms with Gasteiger partial charge >= 0.3 is 6.09 Å². The van der Waals surface area contributed by atoms with Crippen LogP contribution in [-0.4, -0.2) is 66.3 Å². The lowest BCUT2D eigenvalue weighted by Gasteiger charge is -2.33. The summed E-state index contributed by atoms with van der Waals surface area (Å²) >= 11 is 0. The molecule has 11 nitrogen and oxygen atoms in total. The van der Waals surface area contributed by atoms with Crippen LogP contribution in [0.2, 0.25) is 0 Å². The zero-order valence-corrected chi connectivity index (χ0v) is 26.2. The number of anilines is 1. The largest absolute Gasteiger partial charge is 0.488 e. The Hall–Kier alpha value is -4.59. The lowest BCUT2D eigenvalue weighted by molar-refractivity contribution is 0.0127. The standard InChI is InChI=1S/C31H33F2N5O6S/c1-18-23-12-19(20-13-25(29(42-5)34-16-20)37-45(40,41)27-7-6-21(32)15-24(27)33)14-26(28(23)36-17-35-18)43-22-8-10-38(11-9-22)30(39)44-31(2,3)4/h6-7,12-17,22,37H,8-11H2,1-5H3. The molecule has 1 amide bonds. The van der Waals surface area contributed by atoms with Crippen molar-refractivity contribution in [3.8, 4) is 22.8 Å². The Morgan fingerprint density at radius 2 is 1.76 bits per heavy atom. The molecule has 3 heterocycles. The van der Waals surface area contributed by atoms with Crippen molar-refractivity contribution in [1.29, 1.82) is 0 Å². The molecule has 45 heavy (non-hydrogen) atoms. The van der Waals surface area contributed by atoms with Gasteiger partial charge in [0.05, 0.1) is 7.11 Å². The molecule has 1 aliphatic rings. The summed E-state index contributed by atoms with van der Waals surface area (Å²) < 4.78 is 73.4. The number of carbonyl (C=O) groups is 1. The van der Waals surface area contributed by atoms with E-state index in [0.29, 0.717) is 65.5 Å². The number of rotatable bonds is 7. The summed E-state index contributed by atoms with van der Waals surface area (Å²) in [5, 5.41) is 0.711. The number of benzene rings is 2. The van der Waals surface area contributed by atoms with Crippen molar-refractivity contribution in [2.75, 3.05) is 24.9 Å². The lowest BCUT2D eigenvalue weighted by Crippen LogP contribution is -2.44. The van der Waals surface area contributed by atoms with Gasteiger partial charge in [-0.15, -0.1) is 0 Å². The molecule has 2 aromatic heterocycles. The minimum Gasteiger partial charge on any atom is -0.488 e. The topological polar surface area (TPSA) is 133 Å². The third kappa shape index (κ3) is 7.22. The number of fused-ring (bicyclic) bond motifs is 1. The molecule has 1 N–H and O–H groups in total. The smallest absolute Gasteiger partial charge is 0.410 e. The highest BCUT2D eigenvalue weighted by atomic mass is 32.2. The quantitative estimate of drug-likeness (QED) is 0.263. The van der Waals surface area contributed by atoms with Gasteiger partial charge in [0, 0.05) is 54.8 Å². The van der Waals surface area contributed by atoms with Gasteiger partial charge in [0.2, 0.25) is 5.88 Å². The van der Waals surface area contributed by atoms with Gasteiger partial charge in [0.15, 0.2) is 0 Å². The molecule has 1 fully saturated rings. The maximum atomic E-state index is 14.4. The number of aromatic nitrogens is 3. The highest BCUT2D eigenvalue weighted by molar-refractivity contribution is 7.92. The van der Waals surface area contributed by atoms with Crippen LogP contribution in [0.25, 0.3) is 22.0 Å². The van der Waals surface area contributed by atoms with Gasteiger partial charge in [-0.1, -0.05) is 0 Å². The fraction of sp³-hybridized carbons (Fsp3) is 0.355. The Balaban J connectivity index is 1.45.